The monoisotopic (exact) mass is 458 g/mol. The summed E-state index contributed by atoms with van der Waals surface area (Å²) in [6, 6.07) is 13.7. The van der Waals surface area contributed by atoms with Crippen molar-refractivity contribution in [2.75, 3.05) is 13.2 Å². The number of hydrogen-bond donors (Lipinski definition) is 2. The van der Waals surface area contributed by atoms with Crippen LogP contribution in [0.25, 0.3) is 0 Å². The summed E-state index contributed by atoms with van der Waals surface area (Å²) < 4.78 is 10.9. The van der Waals surface area contributed by atoms with E-state index in [9.17, 15) is 14.4 Å². The number of ketones is 1. The first-order chi connectivity index (χ1) is 15.4. The Kier molecular flexibility index (Phi) is 8.50. The van der Waals surface area contributed by atoms with Gasteiger partial charge in [-0.15, -0.1) is 0 Å². The van der Waals surface area contributed by atoms with E-state index in [1.54, 1.807) is 48.5 Å². The Morgan fingerprint density at radius 2 is 1.19 bits per heavy atom. The van der Waals surface area contributed by atoms with Gasteiger partial charge in [0.05, 0.1) is 0 Å². The molecule has 0 aromatic heterocycles. The van der Waals surface area contributed by atoms with Crippen molar-refractivity contribution in [2.24, 2.45) is 0 Å². The van der Waals surface area contributed by atoms with Crippen molar-refractivity contribution >= 4 is 29.2 Å². The number of amides is 2. The first-order valence-corrected chi connectivity index (χ1v) is 11.0. The fraction of sp³-hybridized carbons (Fsp3) is 0.375. The number of ether oxygens (including phenoxy) is 2. The Bertz CT molecular complexity index is 922. The van der Waals surface area contributed by atoms with Crippen LogP contribution in [-0.2, 0) is 9.59 Å². The van der Waals surface area contributed by atoms with Gasteiger partial charge in [0.15, 0.2) is 19.0 Å². The highest BCUT2D eigenvalue weighted by Gasteiger charge is 2.23. The van der Waals surface area contributed by atoms with Crippen molar-refractivity contribution < 1.29 is 23.9 Å². The van der Waals surface area contributed by atoms with Crippen LogP contribution in [-0.4, -0.2) is 42.9 Å². The molecule has 1 saturated carbocycles. The molecule has 0 atom stereocenters. The van der Waals surface area contributed by atoms with Gasteiger partial charge in [0, 0.05) is 22.7 Å². The fourth-order valence-electron chi connectivity index (χ4n) is 3.54. The molecule has 0 aliphatic heterocycles. The SMILES string of the molecule is CC(=O)c1ccc(OCC(=O)NC2CCC(NC(=O)COc3ccc(Cl)cc3)CC2)cc1. The molecule has 3 rings (SSSR count). The molecule has 2 aromatic rings. The van der Waals surface area contributed by atoms with Crippen LogP contribution in [0.4, 0.5) is 0 Å². The van der Waals surface area contributed by atoms with Crippen LogP contribution in [0.1, 0.15) is 43.0 Å². The van der Waals surface area contributed by atoms with E-state index in [4.69, 9.17) is 21.1 Å². The quantitative estimate of drug-likeness (QED) is 0.560. The molecule has 2 amide bonds. The molecule has 32 heavy (non-hydrogen) atoms. The van der Waals surface area contributed by atoms with E-state index in [1.165, 1.54) is 6.92 Å². The van der Waals surface area contributed by atoms with Crippen molar-refractivity contribution in [3.05, 3.63) is 59.1 Å². The summed E-state index contributed by atoms with van der Waals surface area (Å²) in [5.74, 6) is 0.752. The second-order valence-corrected chi connectivity index (χ2v) is 8.23. The van der Waals surface area contributed by atoms with Gasteiger partial charge in [-0.2, -0.15) is 0 Å². The van der Waals surface area contributed by atoms with Gasteiger partial charge >= 0.3 is 0 Å². The van der Waals surface area contributed by atoms with Gasteiger partial charge in [-0.25, -0.2) is 0 Å². The summed E-state index contributed by atoms with van der Waals surface area (Å²) in [4.78, 5) is 35.6. The molecule has 0 saturated heterocycles. The van der Waals surface area contributed by atoms with Gasteiger partial charge in [-0.05, 0) is 81.1 Å². The minimum atomic E-state index is -0.190. The Morgan fingerprint density at radius 3 is 1.59 bits per heavy atom. The van der Waals surface area contributed by atoms with E-state index in [-0.39, 0.29) is 42.9 Å². The normalized spacial score (nSPS) is 17.8. The van der Waals surface area contributed by atoms with Gasteiger partial charge < -0.3 is 20.1 Å². The number of halogens is 1. The number of benzene rings is 2. The highest BCUT2D eigenvalue weighted by Crippen LogP contribution is 2.19. The predicted molar refractivity (Wildman–Crippen MR) is 121 cm³/mol. The molecule has 2 N–H and O–H groups in total. The van der Waals surface area contributed by atoms with Crippen LogP contribution in [0.5, 0.6) is 11.5 Å². The molecule has 0 bridgehead atoms. The third kappa shape index (κ3) is 7.57. The Morgan fingerprint density at radius 1 is 0.781 bits per heavy atom. The third-order valence-corrected chi connectivity index (χ3v) is 5.52. The topological polar surface area (TPSA) is 93.7 Å². The standard InChI is InChI=1S/C24H27ClN2O5/c1-16(28)17-2-10-21(11-3-17)31-14-23(29)26-19-6-8-20(9-7-19)27-24(30)15-32-22-12-4-18(25)5-13-22/h2-5,10-13,19-20H,6-9,14-15H2,1H3,(H,26,29)(H,27,30). The number of carbonyl (C=O) groups excluding carboxylic acids is 3. The first-order valence-electron chi connectivity index (χ1n) is 10.6. The molecule has 1 aliphatic carbocycles. The molecule has 1 fully saturated rings. The van der Waals surface area contributed by atoms with Gasteiger partial charge in [-0.3, -0.25) is 14.4 Å². The number of carbonyl (C=O) groups is 3. The maximum absolute atomic E-state index is 12.2. The summed E-state index contributed by atoms with van der Waals surface area (Å²) in [5.41, 5.74) is 0.599. The van der Waals surface area contributed by atoms with Crippen LogP contribution >= 0.6 is 11.6 Å². The smallest absolute Gasteiger partial charge is 0.258 e. The molecule has 0 heterocycles. The van der Waals surface area contributed by atoms with Crippen LogP contribution in [0, 0.1) is 0 Å². The summed E-state index contributed by atoms with van der Waals surface area (Å²) in [6.45, 7) is 1.36. The lowest BCUT2D eigenvalue weighted by Crippen LogP contribution is -2.45. The minimum absolute atomic E-state index is 0.0184. The molecule has 170 valence electrons. The maximum Gasteiger partial charge on any atom is 0.258 e. The van der Waals surface area contributed by atoms with E-state index >= 15 is 0 Å². The first kappa shape index (κ1) is 23.6. The lowest BCUT2D eigenvalue weighted by molar-refractivity contribution is -0.125. The van der Waals surface area contributed by atoms with Crippen LogP contribution in [0.3, 0.4) is 0 Å². The second kappa shape index (κ2) is 11.5. The second-order valence-electron chi connectivity index (χ2n) is 7.80. The van der Waals surface area contributed by atoms with Gasteiger partial charge in [0.2, 0.25) is 0 Å². The van der Waals surface area contributed by atoms with Crippen molar-refractivity contribution in [1.29, 1.82) is 0 Å². The third-order valence-electron chi connectivity index (χ3n) is 5.27. The van der Waals surface area contributed by atoms with E-state index in [0.29, 0.717) is 22.1 Å². The van der Waals surface area contributed by atoms with Crippen LogP contribution in [0.15, 0.2) is 48.5 Å². The van der Waals surface area contributed by atoms with Crippen molar-refractivity contribution in [1.82, 2.24) is 10.6 Å². The van der Waals surface area contributed by atoms with Crippen molar-refractivity contribution in [3.8, 4) is 11.5 Å². The fourth-order valence-corrected chi connectivity index (χ4v) is 3.66. The zero-order valence-corrected chi connectivity index (χ0v) is 18.7. The molecular formula is C24H27ClN2O5. The molecule has 0 spiro atoms. The van der Waals surface area contributed by atoms with Gasteiger partial charge in [0.1, 0.15) is 11.5 Å². The molecule has 7 nitrogen and oxygen atoms in total. The number of Topliss-reactive ketones (excluding diaryl/α,β-unsaturated/α-hetero) is 1. The lowest BCUT2D eigenvalue weighted by Gasteiger charge is -2.29. The number of hydrogen-bond acceptors (Lipinski definition) is 5. The molecule has 1 aliphatic rings. The molecule has 2 aromatic carbocycles. The summed E-state index contributed by atoms with van der Waals surface area (Å²) >= 11 is 5.83. The zero-order chi connectivity index (χ0) is 22.9. The Labute approximate surface area is 192 Å². The van der Waals surface area contributed by atoms with Crippen LogP contribution < -0.4 is 20.1 Å². The van der Waals surface area contributed by atoms with Crippen molar-refractivity contribution in [3.63, 3.8) is 0 Å². The molecule has 8 heteroatoms. The highest BCUT2D eigenvalue weighted by atomic mass is 35.5. The van der Waals surface area contributed by atoms with Gasteiger partial charge in [-0.1, -0.05) is 11.6 Å². The highest BCUT2D eigenvalue weighted by molar-refractivity contribution is 6.30. The molecule has 0 radical (unpaired) electrons. The summed E-state index contributed by atoms with van der Waals surface area (Å²) in [7, 11) is 0. The zero-order valence-electron chi connectivity index (χ0n) is 17.9. The van der Waals surface area contributed by atoms with Crippen molar-refractivity contribution in [2.45, 2.75) is 44.7 Å². The average molecular weight is 459 g/mol. The van der Waals surface area contributed by atoms with E-state index in [0.717, 1.165) is 25.7 Å². The lowest BCUT2D eigenvalue weighted by atomic mass is 9.91. The van der Waals surface area contributed by atoms with Crippen LogP contribution in [0.2, 0.25) is 5.02 Å². The van der Waals surface area contributed by atoms with E-state index in [1.807, 2.05) is 0 Å². The van der Waals surface area contributed by atoms with E-state index < -0.39 is 0 Å². The molecular weight excluding hydrogens is 432 g/mol. The summed E-state index contributed by atoms with van der Waals surface area (Å²) in [6.07, 6.45) is 3.13. The van der Waals surface area contributed by atoms with Gasteiger partial charge in [0.25, 0.3) is 11.8 Å². The predicted octanol–water partition coefficient (Wildman–Crippen LogP) is 3.54. The number of nitrogens with one attached hydrogen (secondary N) is 2. The molecule has 0 unspecified atom stereocenters. The average Bonchev–Trinajstić information content (AvgIpc) is 2.79. The largest absolute Gasteiger partial charge is 0.484 e. The van der Waals surface area contributed by atoms with E-state index in [2.05, 4.69) is 10.6 Å². The Balaban J connectivity index is 1.31. The minimum Gasteiger partial charge on any atom is -0.484 e. The number of rotatable bonds is 9. The Hall–Kier alpha value is -3.06. The maximum atomic E-state index is 12.2. The summed E-state index contributed by atoms with van der Waals surface area (Å²) in [5, 5.41) is 6.57.